The molecule has 31 heavy (non-hydrogen) atoms. The van der Waals surface area contributed by atoms with E-state index in [0.29, 0.717) is 12.3 Å². The van der Waals surface area contributed by atoms with Crippen LogP contribution in [-0.2, 0) is 11.3 Å². The van der Waals surface area contributed by atoms with Gasteiger partial charge in [-0.2, -0.15) is 0 Å². The van der Waals surface area contributed by atoms with Crippen molar-refractivity contribution in [1.82, 2.24) is 14.8 Å². The summed E-state index contributed by atoms with van der Waals surface area (Å²) in [5.74, 6) is 0.382. The van der Waals surface area contributed by atoms with Gasteiger partial charge in [-0.1, -0.05) is 30.3 Å². The molecular weight excluding hydrogens is 393 g/mol. The third-order valence-electron chi connectivity index (χ3n) is 5.91. The molecule has 2 aromatic carbocycles. The van der Waals surface area contributed by atoms with E-state index in [0.717, 1.165) is 35.2 Å². The summed E-state index contributed by atoms with van der Waals surface area (Å²) in [4.78, 5) is 21.8. The van der Waals surface area contributed by atoms with Crippen LogP contribution >= 0.6 is 0 Å². The Balaban J connectivity index is 1.38. The van der Waals surface area contributed by atoms with Gasteiger partial charge < -0.3 is 9.64 Å². The van der Waals surface area contributed by atoms with E-state index in [1.54, 1.807) is 0 Å². The normalized spacial score (nSPS) is 19.5. The second-order valence-corrected chi connectivity index (χ2v) is 8.37. The number of aromatic nitrogens is 1. The molecule has 0 aliphatic carbocycles. The molecule has 0 unspecified atom stereocenters. The molecule has 0 bridgehead atoms. The third kappa shape index (κ3) is 4.85. The van der Waals surface area contributed by atoms with Crippen molar-refractivity contribution in [2.45, 2.75) is 39.4 Å². The second kappa shape index (κ2) is 9.02. The number of aryl methyl sites for hydroxylation is 1. The molecule has 3 aromatic rings. The van der Waals surface area contributed by atoms with E-state index in [1.807, 2.05) is 54.3 Å². The van der Waals surface area contributed by atoms with E-state index < -0.39 is 0 Å². The quantitative estimate of drug-likeness (QED) is 0.620. The van der Waals surface area contributed by atoms with Gasteiger partial charge in [-0.05, 0) is 50.6 Å². The largest absolute Gasteiger partial charge is 0.481 e. The van der Waals surface area contributed by atoms with Crippen LogP contribution in [-0.4, -0.2) is 52.5 Å². The lowest BCUT2D eigenvalue weighted by molar-refractivity contribution is -0.139. The highest BCUT2D eigenvalue weighted by molar-refractivity contribution is 5.85. The first-order valence-electron chi connectivity index (χ1n) is 10.7. The molecule has 2 atom stereocenters. The van der Waals surface area contributed by atoms with Crippen molar-refractivity contribution in [2.75, 3.05) is 19.7 Å². The van der Waals surface area contributed by atoms with Crippen LogP contribution in [0.15, 0.2) is 54.6 Å². The number of hydrogen-bond donors (Lipinski definition) is 0. The Kier molecular flexibility index (Phi) is 6.18. The highest BCUT2D eigenvalue weighted by atomic mass is 19.1. The molecule has 0 N–H and O–H groups in total. The van der Waals surface area contributed by atoms with Crippen LogP contribution in [0.25, 0.3) is 10.9 Å². The SMILES string of the molecule is Cc1ccc2cccc(OCC(=O)N3C[C@H](C)N(Cc4ccc(F)cc4)C[C@H]3C)c2n1. The van der Waals surface area contributed by atoms with E-state index in [4.69, 9.17) is 4.74 Å². The minimum Gasteiger partial charge on any atom is -0.481 e. The molecular formula is C25H28FN3O2. The van der Waals surface area contributed by atoms with Crippen molar-refractivity contribution in [3.05, 3.63) is 71.7 Å². The van der Waals surface area contributed by atoms with Crippen LogP contribution in [0, 0.1) is 12.7 Å². The number of ether oxygens (including phenoxy) is 1. The molecule has 1 aliphatic rings. The Morgan fingerprint density at radius 1 is 1.06 bits per heavy atom. The number of halogens is 1. The summed E-state index contributed by atoms with van der Waals surface area (Å²) in [5.41, 5.74) is 2.76. The number of hydrogen-bond acceptors (Lipinski definition) is 4. The number of para-hydroxylation sites is 1. The Hall–Kier alpha value is -2.99. The number of rotatable bonds is 5. The lowest BCUT2D eigenvalue weighted by atomic mass is 10.1. The molecule has 0 radical (unpaired) electrons. The van der Waals surface area contributed by atoms with Crippen LogP contribution in [0.4, 0.5) is 4.39 Å². The molecule has 1 fully saturated rings. The molecule has 162 valence electrons. The molecule has 1 aliphatic heterocycles. The van der Waals surface area contributed by atoms with E-state index in [1.165, 1.54) is 12.1 Å². The van der Waals surface area contributed by atoms with Crippen molar-refractivity contribution in [3.63, 3.8) is 0 Å². The minimum absolute atomic E-state index is 0.0102. The predicted molar refractivity (Wildman–Crippen MR) is 119 cm³/mol. The number of amides is 1. The van der Waals surface area contributed by atoms with Crippen LogP contribution in [0.2, 0.25) is 0 Å². The first kappa shape index (κ1) is 21.2. The average Bonchev–Trinajstić information content (AvgIpc) is 2.76. The third-order valence-corrected chi connectivity index (χ3v) is 5.91. The van der Waals surface area contributed by atoms with Crippen molar-refractivity contribution in [1.29, 1.82) is 0 Å². The van der Waals surface area contributed by atoms with Gasteiger partial charge in [0.15, 0.2) is 6.61 Å². The highest BCUT2D eigenvalue weighted by Crippen LogP contribution is 2.24. The summed E-state index contributed by atoms with van der Waals surface area (Å²) < 4.78 is 19.1. The zero-order valence-electron chi connectivity index (χ0n) is 18.2. The summed E-state index contributed by atoms with van der Waals surface area (Å²) in [6.07, 6.45) is 0. The van der Waals surface area contributed by atoms with Crippen LogP contribution < -0.4 is 4.74 Å². The maximum Gasteiger partial charge on any atom is 0.260 e. The minimum atomic E-state index is -0.225. The number of nitrogens with zero attached hydrogens (tertiary/aromatic N) is 3. The van der Waals surface area contributed by atoms with Gasteiger partial charge in [-0.15, -0.1) is 0 Å². The number of fused-ring (bicyclic) bond motifs is 1. The van der Waals surface area contributed by atoms with Gasteiger partial charge >= 0.3 is 0 Å². The van der Waals surface area contributed by atoms with Gasteiger partial charge in [-0.25, -0.2) is 9.37 Å². The predicted octanol–water partition coefficient (Wildman–Crippen LogP) is 4.18. The topological polar surface area (TPSA) is 45.7 Å². The molecule has 5 nitrogen and oxygen atoms in total. The van der Waals surface area contributed by atoms with Gasteiger partial charge in [0.05, 0.1) is 0 Å². The summed E-state index contributed by atoms with van der Waals surface area (Å²) in [5, 5.41) is 0.993. The summed E-state index contributed by atoms with van der Waals surface area (Å²) in [6.45, 7) is 8.25. The van der Waals surface area contributed by atoms with Crippen LogP contribution in [0.3, 0.4) is 0 Å². The number of benzene rings is 2. The Labute approximate surface area is 182 Å². The fourth-order valence-corrected chi connectivity index (χ4v) is 4.15. The van der Waals surface area contributed by atoms with E-state index >= 15 is 0 Å². The molecule has 0 spiro atoms. The summed E-state index contributed by atoms with van der Waals surface area (Å²) in [6, 6.07) is 16.6. The maximum absolute atomic E-state index is 13.2. The Morgan fingerprint density at radius 3 is 2.61 bits per heavy atom. The lowest BCUT2D eigenvalue weighted by Gasteiger charge is -2.44. The van der Waals surface area contributed by atoms with E-state index in [-0.39, 0.29) is 30.4 Å². The smallest absolute Gasteiger partial charge is 0.260 e. The zero-order chi connectivity index (χ0) is 22.0. The summed E-state index contributed by atoms with van der Waals surface area (Å²) >= 11 is 0. The van der Waals surface area contributed by atoms with E-state index in [2.05, 4.69) is 23.7 Å². The fraction of sp³-hybridized carbons (Fsp3) is 0.360. The molecule has 1 aromatic heterocycles. The number of piperazine rings is 1. The fourth-order valence-electron chi connectivity index (χ4n) is 4.15. The van der Waals surface area contributed by atoms with Gasteiger partial charge in [-0.3, -0.25) is 9.69 Å². The molecule has 0 saturated carbocycles. The van der Waals surface area contributed by atoms with Crippen molar-refractivity contribution < 1.29 is 13.9 Å². The Morgan fingerprint density at radius 2 is 1.84 bits per heavy atom. The maximum atomic E-state index is 13.2. The molecule has 6 heteroatoms. The van der Waals surface area contributed by atoms with Gasteiger partial charge in [0.2, 0.25) is 0 Å². The van der Waals surface area contributed by atoms with Crippen molar-refractivity contribution in [2.24, 2.45) is 0 Å². The standard InChI is InChI=1S/C25H28FN3O2/c1-17-7-10-21-5-4-6-23(25(21)27-17)31-16-24(30)29-14-18(2)28(13-19(29)3)15-20-8-11-22(26)12-9-20/h4-12,18-19H,13-16H2,1-3H3/t18-,19+/m0/s1. The van der Waals surface area contributed by atoms with Crippen molar-refractivity contribution >= 4 is 16.8 Å². The Bertz CT molecular complexity index is 1070. The highest BCUT2D eigenvalue weighted by Gasteiger charge is 2.32. The number of carbonyl (C=O) groups excluding carboxylic acids is 1. The molecule has 1 amide bonds. The van der Waals surface area contributed by atoms with Gasteiger partial charge in [0.25, 0.3) is 5.91 Å². The molecule has 4 rings (SSSR count). The number of carbonyl (C=O) groups is 1. The monoisotopic (exact) mass is 421 g/mol. The zero-order valence-corrected chi connectivity index (χ0v) is 18.2. The van der Waals surface area contributed by atoms with Gasteiger partial charge in [0, 0.05) is 42.8 Å². The van der Waals surface area contributed by atoms with Gasteiger partial charge in [0.1, 0.15) is 17.1 Å². The average molecular weight is 422 g/mol. The van der Waals surface area contributed by atoms with Crippen LogP contribution in [0.5, 0.6) is 5.75 Å². The molecule has 2 heterocycles. The number of pyridine rings is 1. The summed E-state index contributed by atoms with van der Waals surface area (Å²) in [7, 11) is 0. The lowest BCUT2D eigenvalue weighted by Crippen LogP contribution is -2.58. The first-order valence-corrected chi connectivity index (χ1v) is 10.7. The van der Waals surface area contributed by atoms with E-state index in [9.17, 15) is 9.18 Å². The van der Waals surface area contributed by atoms with Crippen molar-refractivity contribution in [3.8, 4) is 5.75 Å². The second-order valence-electron chi connectivity index (χ2n) is 8.37. The first-order chi connectivity index (χ1) is 14.9. The molecule has 1 saturated heterocycles. The van der Waals surface area contributed by atoms with Crippen LogP contribution in [0.1, 0.15) is 25.1 Å².